The molecule has 1 aromatic rings. The van der Waals surface area contributed by atoms with Crippen LogP contribution in [0.5, 0.6) is 5.75 Å². The summed E-state index contributed by atoms with van der Waals surface area (Å²) >= 11 is 0. The van der Waals surface area contributed by atoms with E-state index in [2.05, 4.69) is 0 Å². The van der Waals surface area contributed by atoms with Crippen LogP contribution in [-0.2, 0) is 4.74 Å². The van der Waals surface area contributed by atoms with Crippen molar-refractivity contribution in [3.05, 3.63) is 45.6 Å². The third-order valence-corrected chi connectivity index (χ3v) is 3.67. The zero-order chi connectivity index (χ0) is 15.2. The first-order valence-corrected chi connectivity index (χ1v) is 7.45. The Kier molecular flexibility index (Phi) is 5.33. The van der Waals surface area contributed by atoms with E-state index in [4.69, 9.17) is 9.47 Å². The minimum absolute atomic E-state index is 0.152. The molecule has 1 aromatic carbocycles. The van der Waals surface area contributed by atoms with E-state index < -0.39 is 6.10 Å². The summed E-state index contributed by atoms with van der Waals surface area (Å²) < 4.78 is 11.2. The molecule has 2 aliphatic rings. The molecule has 1 saturated heterocycles. The van der Waals surface area contributed by atoms with Gasteiger partial charge in [0.05, 0.1) is 4.92 Å². The zero-order valence-electron chi connectivity index (χ0n) is 12.5. The number of hydrogen-bond donors (Lipinski definition) is 0. The maximum atomic E-state index is 11.2. The fraction of sp³-hybridized carbons (Fsp3) is 0.500. The van der Waals surface area contributed by atoms with Gasteiger partial charge in [-0.25, -0.2) is 0 Å². The van der Waals surface area contributed by atoms with Gasteiger partial charge in [-0.2, -0.15) is 0 Å². The highest BCUT2D eigenvalue weighted by Crippen LogP contribution is 2.35. The fourth-order valence-corrected chi connectivity index (χ4v) is 2.66. The Bertz CT molecular complexity index is 521. The highest BCUT2D eigenvalue weighted by atomic mass is 16.6. The van der Waals surface area contributed by atoms with Crippen molar-refractivity contribution in [1.82, 2.24) is 0 Å². The van der Waals surface area contributed by atoms with Gasteiger partial charge in [-0.1, -0.05) is 32.0 Å². The van der Waals surface area contributed by atoms with Gasteiger partial charge < -0.3 is 9.47 Å². The Morgan fingerprint density at radius 2 is 1.86 bits per heavy atom. The van der Waals surface area contributed by atoms with E-state index in [9.17, 15) is 10.1 Å². The summed E-state index contributed by atoms with van der Waals surface area (Å²) in [7, 11) is 0. The van der Waals surface area contributed by atoms with Gasteiger partial charge in [0, 0.05) is 30.8 Å². The van der Waals surface area contributed by atoms with Gasteiger partial charge >= 0.3 is 0 Å². The maximum Gasteiger partial charge on any atom is 0.287 e. The standard InChI is InChI=1S/C14H15NO4.C2H6/c16-15(17)12-9-11-3-1-2-4-13(11)19-14(12)10-5-7-18-8-6-10;1-2/h1-4,9-10,14H,5-8H2;1-2H3. The number of fused-ring (bicyclic) bond motifs is 1. The summed E-state index contributed by atoms with van der Waals surface area (Å²) in [4.78, 5) is 10.9. The lowest BCUT2D eigenvalue weighted by Gasteiger charge is -2.31. The fourth-order valence-electron chi connectivity index (χ4n) is 2.66. The maximum absolute atomic E-state index is 11.2. The predicted octanol–water partition coefficient (Wildman–Crippen LogP) is 3.52. The van der Waals surface area contributed by atoms with Gasteiger partial charge in [-0.05, 0) is 18.9 Å². The van der Waals surface area contributed by atoms with Crippen LogP contribution < -0.4 is 4.74 Å². The molecular weight excluding hydrogens is 270 g/mol. The van der Waals surface area contributed by atoms with E-state index in [0.29, 0.717) is 13.2 Å². The third-order valence-electron chi connectivity index (χ3n) is 3.67. The normalized spacial score (nSPS) is 21.2. The average Bonchev–Trinajstić information content (AvgIpc) is 2.56. The van der Waals surface area contributed by atoms with Gasteiger partial charge in [-0.15, -0.1) is 0 Å². The summed E-state index contributed by atoms with van der Waals surface area (Å²) in [6, 6.07) is 7.42. The van der Waals surface area contributed by atoms with Crippen molar-refractivity contribution < 1.29 is 14.4 Å². The van der Waals surface area contributed by atoms with Crippen molar-refractivity contribution in [2.75, 3.05) is 13.2 Å². The SMILES string of the molecule is CC.O=[N+]([O-])C1=Cc2ccccc2OC1C1CCOCC1. The van der Waals surface area contributed by atoms with Crippen molar-refractivity contribution in [1.29, 1.82) is 0 Å². The van der Waals surface area contributed by atoms with E-state index >= 15 is 0 Å². The molecule has 0 N–H and O–H groups in total. The molecule has 1 unspecified atom stereocenters. The molecule has 5 heteroatoms. The van der Waals surface area contributed by atoms with Crippen LogP contribution >= 0.6 is 0 Å². The van der Waals surface area contributed by atoms with Crippen molar-refractivity contribution >= 4 is 6.08 Å². The van der Waals surface area contributed by atoms with Gasteiger partial charge in [0.25, 0.3) is 5.70 Å². The molecule has 5 nitrogen and oxygen atoms in total. The monoisotopic (exact) mass is 291 g/mol. The summed E-state index contributed by atoms with van der Waals surface area (Å²) in [5.74, 6) is 0.878. The molecule has 114 valence electrons. The Balaban J connectivity index is 0.000000774. The highest BCUT2D eigenvalue weighted by molar-refractivity contribution is 5.61. The molecule has 0 radical (unpaired) electrons. The summed E-state index contributed by atoms with van der Waals surface area (Å²) in [5.41, 5.74) is 0.933. The number of nitrogens with zero attached hydrogens (tertiary/aromatic N) is 1. The molecule has 0 aromatic heterocycles. The molecule has 0 aliphatic carbocycles. The number of ether oxygens (including phenoxy) is 2. The molecule has 2 aliphatic heterocycles. The van der Waals surface area contributed by atoms with Gasteiger partial charge in [0.2, 0.25) is 0 Å². The largest absolute Gasteiger partial charge is 0.478 e. The minimum Gasteiger partial charge on any atom is -0.478 e. The van der Waals surface area contributed by atoms with E-state index in [1.165, 1.54) is 0 Å². The van der Waals surface area contributed by atoms with E-state index in [1.54, 1.807) is 6.08 Å². The lowest BCUT2D eigenvalue weighted by molar-refractivity contribution is -0.435. The van der Waals surface area contributed by atoms with Gasteiger partial charge in [0.15, 0.2) is 6.10 Å². The van der Waals surface area contributed by atoms with E-state index in [-0.39, 0.29) is 16.5 Å². The summed E-state index contributed by atoms with van der Waals surface area (Å²) in [6.45, 7) is 5.30. The average molecular weight is 291 g/mol. The van der Waals surface area contributed by atoms with Crippen LogP contribution in [0.4, 0.5) is 0 Å². The number of hydrogen-bond acceptors (Lipinski definition) is 4. The Hall–Kier alpha value is -1.88. The van der Waals surface area contributed by atoms with E-state index in [0.717, 1.165) is 24.2 Å². The molecule has 2 heterocycles. The van der Waals surface area contributed by atoms with Crippen LogP contribution in [-0.4, -0.2) is 24.2 Å². The van der Waals surface area contributed by atoms with Crippen molar-refractivity contribution in [3.63, 3.8) is 0 Å². The Morgan fingerprint density at radius 1 is 1.19 bits per heavy atom. The molecule has 3 rings (SSSR count). The molecule has 0 amide bonds. The van der Waals surface area contributed by atoms with E-state index in [1.807, 2.05) is 38.1 Å². The number of nitro groups is 1. The van der Waals surface area contributed by atoms with Crippen LogP contribution in [0.15, 0.2) is 30.0 Å². The molecule has 1 atom stereocenters. The van der Waals surface area contributed by atoms with Crippen LogP contribution in [0, 0.1) is 16.0 Å². The first-order chi connectivity index (χ1) is 10.3. The van der Waals surface area contributed by atoms with Crippen LogP contribution in [0.25, 0.3) is 6.08 Å². The molecular formula is C16H21NO4. The topological polar surface area (TPSA) is 61.6 Å². The first-order valence-electron chi connectivity index (χ1n) is 7.45. The summed E-state index contributed by atoms with van der Waals surface area (Å²) in [5, 5.41) is 11.2. The highest BCUT2D eigenvalue weighted by Gasteiger charge is 2.38. The third kappa shape index (κ3) is 3.42. The zero-order valence-corrected chi connectivity index (χ0v) is 12.5. The second-order valence-electron chi connectivity index (χ2n) is 4.85. The Morgan fingerprint density at radius 3 is 2.52 bits per heavy atom. The molecule has 0 saturated carbocycles. The van der Waals surface area contributed by atoms with Gasteiger partial charge in [-0.3, -0.25) is 10.1 Å². The number of rotatable bonds is 2. The molecule has 1 fully saturated rings. The predicted molar refractivity (Wildman–Crippen MR) is 80.7 cm³/mol. The van der Waals surface area contributed by atoms with Crippen molar-refractivity contribution in [3.8, 4) is 5.75 Å². The second-order valence-corrected chi connectivity index (χ2v) is 4.85. The first kappa shape index (κ1) is 15.5. The molecule has 0 spiro atoms. The summed E-state index contributed by atoms with van der Waals surface area (Å²) in [6.07, 6.45) is 2.78. The van der Waals surface area contributed by atoms with Crippen LogP contribution in [0.3, 0.4) is 0 Å². The van der Waals surface area contributed by atoms with Crippen molar-refractivity contribution in [2.24, 2.45) is 5.92 Å². The minimum atomic E-state index is -0.464. The second kappa shape index (κ2) is 7.22. The Labute approximate surface area is 124 Å². The van der Waals surface area contributed by atoms with Crippen LogP contribution in [0.1, 0.15) is 32.3 Å². The molecule has 0 bridgehead atoms. The number of benzene rings is 1. The lowest BCUT2D eigenvalue weighted by Crippen LogP contribution is -2.37. The quantitative estimate of drug-likeness (QED) is 0.618. The lowest BCUT2D eigenvalue weighted by atomic mass is 9.90. The number of para-hydroxylation sites is 1. The van der Waals surface area contributed by atoms with Gasteiger partial charge in [0.1, 0.15) is 5.75 Å². The molecule has 21 heavy (non-hydrogen) atoms. The van der Waals surface area contributed by atoms with Crippen LogP contribution in [0.2, 0.25) is 0 Å². The smallest absolute Gasteiger partial charge is 0.287 e. The van der Waals surface area contributed by atoms with Crippen molar-refractivity contribution in [2.45, 2.75) is 32.8 Å².